The van der Waals surface area contributed by atoms with Crippen LogP contribution in [0.25, 0.3) is 0 Å². The molecule has 0 aromatic carbocycles. The Morgan fingerprint density at radius 1 is 1.16 bits per heavy atom. The first-order valence-electron chi connectivity index (χ1n) is 10.3. The van der Waals surface area contributed by atoms with Gasteiger partial charge >= 0.3 is 0 Å². The van der Waals surface area contributed by atoms with Gasteiger partial charge < -0.3 is 19.3 Å². The lowest BCUT2D eigenvalue weighted by atomic mass is 9.57. The van der Waals surface area contributed by atoms with Gasteiger partial charge in [0.1, 0.15) is 5.60 Å². The van der Waals surface area contributed by atoms with Gasteiger partial charge in [-0.25, -0.2) is 0 Å². The second-order valence-corrected chi connectivity index (χ2v) is 9.49. The van der Waals surface area contributed by atoms with E-state index in [9.17, 15) is 5.11 Å². The normalized spacial score (nSPS) is 50.4. The van der Waals surface area contributed by atoms with Crippen LogP contribution in [0.5, 0.6) is 0 Å². The first-order valence-corrected chi connectivity index (χ1v) is 10.3. The summed E-state index contributed by atoms with van der Waals surface area (Å²) < 4.78 is 18.5. The molecule has 2 saturated heterocycles. The molecular weight excluding hydrogens is 316 g/mol. The molecule has 3 rings (SSSR count). The summed E-state index contributed by atoms with van der Waals surface area (Å²) in [6.07, 6.45) is 5.76. The summed E-state index contributed by atoms with van der Waals surface area (Å²) in [5.41, 5.74) is -0.887. The van der Waals surface area contributed by atoms with Crippen LogP contribution in [-0.4, -0.2) is 36.0 Å². The predicted molar refractivity (Wildman–Crippen MR) is 98.0 cm³/mol. The molecule has 0 radical (unpaired) electrons. The Bertz CT molecular complexity index is 467. The molecule has 146 valence electrons. The molecule has 4 heteroatoms. The summed E-state index contributed by atoms with van der Waals surface area (Å²) in [6.45, 7) is 11.1. The molecule has 2 aliphatic heterocycles. The fourth-order valence-electron chi connectivity index (χ4n) is 5.61. The van der Waals surface area contributed by atoms with Crippen molar-refractivity contribution in [2.75, 3.05) is 7.11 Å². The Hall–Kier alpha value is -0.160. The van der Waals surface area contributed by atoms with Gasteiger partial charge in [0.2, 0.25) is 0 Å². The van der Waals surface area contributed by atoms with Crippen molar-refractivity contribution in [2.24, 2.45) is 29.6 Å². The van der Waals surface area contributed by atoms with Gasteiger partial charge in [-0.2, -0.15) is 0 Å². The van der Waals surface area contributed by atoms with Crippen molar-refractivity contribution in [3.63, 3.8) is 0 Å². The maximum Gasteiger partial charge on any atom is 0.190 e. The zero-order chi connectivity index (χ0) is 18.4. The van der Waals surface area contributed by atoms with Gasteiger partial charge in [0.05, 0.1) is 6.10 Å². The van der Waals surface area contributed by atoms with Gasteiger partial charge in [0.15, 0.2) is 12.1 Å². The molecule has 2 heterocycles. The number of rotatable bonds is 4. The Morgan fingerprint density at radius 3 is 2.52 bits per heavy atom. The van der Waals surface area contributed by atoms with Crippen LogP contribution in [0, 0.1) is 29.6 Å². The van der Waals surface area contributed by atoms with E-state index >= 15 is 0 Å². The van der Waals surface area contributed by atoms with Crippen LogP contribution < -0.4 is 0 Å². The van der Waals surface area contributed by atoms with Crippen LogP contribution in [-0.2, 0) is 14.2 Å². The monoisotopic (exact) mass is 354 g/mol. The van der Waals surface area contributed by atoms with E-state index in [0.29, 0.717) is 17.8 Å². The third-order valence-electron chi connectivity index (χ3n) is 7.43. The molecule has 3 aliphatic rings. The average Bonchev–Trinajstić information content (AvgIpc) is 2.66. The molecule has 0 amide bonds. The summed E-state index contributed by atoms with van der Waals surface area (Å²) in [5, 5.41) is 11.9. The molecule has 0 spiro atoms. The quantitative estimate of drug-likeness (QED) is 0.815. The third kappa shape index (κ3) is 3.40. The lowest BCUT2D eigenvalue weighted by molar-refractivity contribution is -0.382. The van der Waals surface area contributed by atoms with Crippen LogP contribution in [0.4, 0.5) is 0 Å². The smallest absolute Gasteiger partial charge is 0.190 e. The van der Waals surface area contributed by atoms with Crippen molar-refractivity contribution in [3.05, 3.63) is 0 Å². The van der Waals surface area contributed by atoms with E-state index < -0.39 is 17.7 Å². The second-order valence-electron chi connectivity index (χ2n) is 9.49. The molecule has 4 nitrogen and oxygen atoms in total. The van der Waals surface area contributed by atoms with E-state index in [0.717, 1.165) is 32.1 Å². The molecule has 8 atom stereocenters. The molecule has 0 bridgehead atoms. The summed E-state index contributed by atoms with van der Waals surface area (Å²) in [4.78, 5) is 0. The number of hydrogen-bond donors (Lipinski definition) is 1. The number of hydrogen-bond acceptors (Lipinski definition) is 4. The van der Waals surface area contributed by atoms with Crippen LogP contribution in [0.15, 0.2) is 0 Å². The second kappa shape index (κ2) is 7.10. The molecule has 1 saturated carbocycles. The zero-order valence-corrected chi connectivity index (χ0v) is 17.0. The minimum absolute atomic E-state index is 0.158. The highest BCUT2D eigenvalue weighted by Crippen LogP contribution is 2.56. The fourth-order valence-corrected chi connectivity index (χ4v) is 5.61. The molecule has 3 fully saturated rings. The molecule has 25 heavy (non-hydrogen) atoms. The molecular formula is C21H38O4. The van der Waals surface area contributed by atoms with Gasteiger partial charge in [0, 0.05) is 13.5 Å². The average molecular weight is 355 g/mol. The van der Waals surface area contributed by atoms with E-state index in [1.165, 1.54) is 6.42 Å². The molecule has 0 aromatic heterocycles. The van der Waals surface area contributed by atoms with Crippen molar-refractivity contribution < 1.29 is 19.3 Å². The van der Waals surface area contributed by atoms with Crippen LogP contribution in [0.2, 0.25) is 0 Å². The zero-order valence-electron chi connectivity index (χ0n) is 17.0. The fraction of sp³-hybridized carbons (Fsp3) is 1.00. The summed E-state index contributed by atoms with van der Waals surface area (Å²) in [5.74, 6) is 1.33. The highest BCUT2D eigenvalue weighted by Gasteiger charge is 2.63. The van der Waals surface area contributed by atoms with E-state index in [2.05, 4.69) is 27.7 Å². The van der Waals surface area contributed by atoms with Crippen LogP contribution >= 0.6 is 0 Å². The summed E-state index contributed by atoms with van der Waals surface area (Å²) >= 11 is 0. The first kappa shape index (κ1) is 19.6. The van der Waals surface area contributed by atoms with Gasteiger partial charge in [-0.3, -0.25) is 0 Å². The van der Waals surface area contributed by atoms with Gasteiger partial charge in [-0.1, -0.05) is 27.7 Å². The Morgan fingerprint density at radius 2 is 1.88 bits per heavy atom. The third-order valence-corrected chi connectivity index (χ3v) is 7.43. The van der Waals surface area contributed by atoms with Gasteiger partial charge in [-0.15, -0.1) is 0 Å². The Balaban J connectivity index is 1.92. The SMILES string of the molecule is COC1(C)CC[C@H]2[C@H](C)CC[C@H]3[C@@H](C)C(CCC(C)C)O[C@H](O1)[C@@]23O. The van der Waals surface area contributed by atoms with Crippen molar-refractivity contribution in [1.29, 1.82) is 0 Å². The van der Waals surface area contributed by atoms with Crippen molar-refractivity contribution >= 4 is 0 Å². The molecule has 0 aromatic rings. The predicted octanol–water partition coefficient (Wildman–Crippen LogP) is 4.35. The standard InChI is InChI=1S/C21H38O4/c1-13(2)7-10-18-15(4)17-9-8-14(3)16-11-12-20(5,23-6)25-19(24-18)21(16,17)22/h13-19,22H,7-12H2,1-6H3/t14-,15-,16+,17+,18?,19-,20?,21-/m1/s1. The van der Waals surface area contributed by atoms with E-state index in [1.54, 1.807) is 7.11 Å². The number of ether oxygens (including phenoxy) is 3. The van der Waals surface area contributed by atoms with E-state index in [1.807, 2.05) is 6.92 Å². The minimum atomic E-state index is -0.887. The lowest BCUT2D eigenvalue weighted by Crippen LogP contribution is -2.66. The van der Waals surface area contributed by atoms with Crippen molar-refractivity contribution in [1.82, 2.24) is 0 Å². The topological polar surface area (TPSA) is 47.9 Å². The maximum absolute atomic E-state index is 11.9. The molecule has 2 unspecified atom stereocenters. The number of aliphatic hydroxyl groups is 1. The van der Waals surface area contributed by atoms with E-state index in [-0.39, 0.29) is 17.9 Å². The molecule has 1 aliphatic carbocycles. The van der Waals surface area contributed by atoms with E-state index in [4.69, 9.17) is 14.2 Å². The van der Waals surface area contributed by atoms with Gasteiger partial charge in [0.25, 0.3) is 0 Å². The lowest BCUT2D eigenvalue weighted by Gasteiger charge is -2.57. The van der Waals surface area contributed by atoms with Crippen LogP contribution in [0.1, 0.15) is 73.1 Å². The summed E-state index contributed by atoms with van der Waals surface area (Å²) in [7, 11) is 1.70. The highest BCUT2D eigenvalue weighted by molar-refractivity contribution is 5.07. The molecule has 1 N–H and O–H groups in total. The number of methoxy groups -OCH3 is 1. The van der Waals surface area contributed by atoms with Crippen molar-refractivity contribution in [2.45, 2.75) is 96.9 Å². The minimum Gasteiger partial charge on any atom is -0.384 e. The first-order chi connectivity index (χ1) is 11.7. The van der Waals surface area contributed by atoms with Crippen LogP contribution in [0.3, 0.4) is 0 Å². The largest absolute Gasteiger partial charge is 0.384 e. The highest BCUT2D eigenvalue weighted by atomic mass is 16.8. The Kier molecular flexibility index (Phi) is 5.57. The summed E-state index contributed by atoms with van der Waals surface area (Å²) in [6, 6.07) is 0. The van der Waals surface area contributed by atoms with Gasteiger partial charge in [-0.05, 0) is 68.6 Å². The van der Waals surface area contributed by atoms with Crippen molar-refractivity contribution in [3.8, 4) is 0 Å². The maximum atomic E-state index is 11.9. The Labute approximate surface area is 153 Å².